The number of imide groups is 1. The zero-order chi connectivity index (χ0) is 19.6. The van der Waals surface area contributed by atoms with E-state index in [1.807, 2.05) is 31.2 Å². The van der Waals surface area contributed by atoms with Crippen molar-refractivity contribution in [2.45, 2.75) is 13.5 Å². The molecule has 1 heterocycles. The van der Waals surface area contributed by atoms with Gasteiger partial charge in [0, 0.05) is 4.47 Å². The minimum atomic E-state index is -0.341. The molecule has 3 rings (SSSR count). The molecular weight excluding hydrogens is 498 g/mol. The number of benzene rings is 2. The van der Waals surface area contributed by atoms with Gasteiger partial charge in [0.1, 0.15) is 0 Å². The Morgan fingerprint density at radius 1 is 1.22 bits per heavy atom. The van der Waals surface area contributed by atoms with Gasteiger partial charge in [0.2, 0.25) is 0 Å². The van der Waals surface area contributed by atoms with Crippen molar-refractivity contribution in [3.8, 4) is 11.5 Å². The van der Waals surface area contributed by atoms with E-state index in [0.29, 0.717) is 27.3 Å². The van der Waals surface area contributed by atoms with Gasteiger partial charge in [-0.25, -0.2) is 0 Å². The lowest BCUT2D eigenvalue weighted by molar-refractivity contribution is -0.123. The number of hydrogen-bond acceptors (Lipinski definition) is 5. The quantitative estimate of drug-likeness (QED) is 0.532. The monoisotopic (exact) mass is 511 g/mol. The van der Waals surface area contributed by atoms with Gasteiger partial charge >= 0.3 is 0 Å². The molecule has 140 valence electrons. The first kappa shape index (κ1) is 20.0. The van der Waals surface area contributed by atoms with Gasteiger partial charge in [0.15, 0.2) is 11.5 Å². The maximum atomic E-state index is 12.7. The van der Waals surface area contributed by atoms with Crippen LogP contribution in [-0.2, 0) is 11.3 Å². The molecule has 2 amide bonds. The Labute approximate surface area is 177 Å². The first-order valence-corrected chi connectivity index (χ1v) is 10.4. The first-order chi connectivity index (χ1) is 12.9. The lowest BCUT2D eigenvalue weighted by Crippen LogP contribution is -2.27. The molecule has 0 saturated carbocycles. The van der Waals surface area contributed by atoms with Crippen molar-refractivity contribution in [2.24, 2.45) is 0 Å². The highest BCUT2D eigenvalue weighted by Gasteiger charge is 2.35. The molecule has 0 aliphatic carbocycles. The summed E-state index contributed by atoms with van der Waals surface area (Å²) in [7, 11) is 0. The number of nitrogens with zero attached hydrogens (tertiary/aromatic N) is 1. The number of amides is 2. The van der Waals surface area contributed by atoms with Gasteiger partial charge in [-0.15, -0.1) is 0 Å². The standard InChI is InChI=1S/C19H15Br2NO4S/c1-2-26-15-8-12(7-14(21)17(15)23)9-16-18(24)22(19(25)27-16)10-11-4-3-5-13(20)6-11/h3-9,23H,2,10H2,1H3/b16-9+. The summed E-state index contributed by atoms with van der Waals surface area (Å²) in [5.41, 5.74) is 1.51. The van der Waals surface area contributed by atoms with E-state index in [1.165, 1.54) is 4.90 Å². The van der Waals surface area contributed by atoms with Gasteiger partial charge in [-0.1, -0.05) is 28.1 Å². The summed E-state index contributed by atoms with van der Waals surface area (Å²) >= 11 is 7.56. The molecule has 1 N–H and O–H groups in total. The highest BCUT2D eigenvalue weighted by atomic mass is 79.9. The minimum absolute atomic E-state index is 0.00300. The Bertz CT molecular complexity index is 945. The molecular formula is C19H15Br2NO4S. The Kier molecular flexibility index (Phi) is 6.29. The molecule has 2 aromatic rings. The highest BCUT2D eigenvalue weighted by molar-refractivity contribution is 9.10. The molecule has 0 aromatic heterocycles. The number of rotatable bonds is 5. The third-order valence-electron chi connectivity index (χ3n) is 3.75. The number of phenolic OH excluding ortho intramolecular Hbond substituents is 1. The average molecular weight is 513 g/mol. The number of phenols is 1. The second-order valence-corrected chi connectivity index (χ2v) is 8.44. The number of thioether (sulfide) groups is 1. The fourth-order valence-corrected chi connectivity index (χ4v) is 4.29. The lowest BCUT2D eigenvalue weighted by Gasteiger charge is -2.12. The van der Waals surface area contributed by atoms with Crippen molar-refractivity contribution in [1.82, 2.24) is 4.90 Å². The molecule has 0 unspecified atom stereocenters. The van der Waals surface area contributed by atoms with Crippen molar-refractivity contribution >= 4 is 60.8 Å². The van der Waals surface area contributed by atoms with E-state index in [-0.39, 0.29) is 23.4 Å². The smallest absolute Gasteiger partial charge is 0.293 e. The lowest BCUT2D eigenvalue weighted by atomic mass is 10.1. The first-order valence-electron chi connectivity index (χ1n) is 8.04. The van der Waals surface area contributed by atoms with Crippen molar-refractivity contribution in [1.29, 1.82) is 0 Å². The SMILES string of the molecule is CCOc1cc(/C=C2/SC(=O)N(Cc3cccc(Br)c3)C2=O)cc(Br)c1O. The van der Waals surface area contributed by atoms with Crippen LogP contribution in [0.25, 0.3) is 6.08 Å². The second-order valence-electron chi connectivity index (χ2n) is 5.68. The summed E-state index contributed by atoms with van der Waals surface area (Å²) in [4.78, 5) is 26.5. The van der Waals surface area contributed by atoms with E-state index in [4.69, 9.17) is 4.74 Å². The fourth-order valence-electron chi connectivity index (χ4n) is 2.55. The van der Waals surface area contributed by atoms with E-state index >= 15 is 0 Å². The van der Waals surface area contributed by atoms with E-state index in [0.717, 1.165) is 21.8 Å². The van der Waals surface area contributed by atoms with Crippen LogP contribution in [0.15, 0.2) is 50.2 Å². The maximum Gasteiger partial charge on any atom is 0.293 e. The molecule has 27 heavy (non-hydrogen) atoms. The molecule has 1 fully saturated rings. The van der Waals surface area contributed by atoms with Gasteiger partial charge in [-0.2, -0.15) is 0 Å². The molecule has 5 nitrogen and oxygen atoms in total. The van der Waals surface area contributed by atoms with Crippen molar-refractivity contribution in [3.05, 3.63) is 61.4 Å². The molecule has 1 aliphatic heterocycles. The van der Waals surface area contributed by atoms with E-state index in [9.17, 15) is 14.7 Å². The number of halogens is 2. The van der Waals surface area contributed by atoms with E-state index in [1.54, 1.807) is 18.2 Å². The van der Waals surface area contributed by atoms with Crippen LogP contribution < -0.4 is 4.74 Å². The summed E-state index contributed by atoms with van der Waals surface area (Å²) in [5.74, 6) is -0.0321. The van der Waals surface area contributed by atoms with Crippen LogP contribution in [0.3, 0.4) is 0 Å². The molecule has 8 heteroatoms. The number of carbonyl (C=O) groups is 2. The molecule has 2 aromatic carbocycles. The van der Waals surface area contributed by atoms with Gasteiger partial charge in [0.05, 0.1) is 22.5 Å². The molecule has 0 spiro atoms. The van der Waals surface area contributed by atoms with Gasteiger partial charge in [-0.3, -0.25) is 14.5 Å². The third kappa shape index (κ3) is 4.56. The number of aromatic hydroxyl groups is 1. The van der Waals surface area contributed by atoms with Crippen molar-refractivity contribution in [3.63, 3.8) is 0 Å². The Hall–Kier alpha value is -1.77. The normalized spacial score (nSPS) is 15.7. The number of carbonyl (C=O) groups excluding carboxylic acids is 2. The summed E-state index contributed by atoms with van der Waals surface area (Å²) in [6.07, 6.45) is 1.62. The topological polar surface area (TPSA) is 66.8 Å². The second kappa shape index (κ2) is 8.50. The maximum absolute atomic E-state index is 12.7. The van der Waals surface area contributed by atoms with Crippen LogP contribution in [-0.4, -0.2) is 27.8 Å². The van der Waals surface area contributed by atoms with Gasteiger partial charge < -0.3 is 9.84 Å². The zero-order valence-corrected chi connectivity index (χ0v) is 18.2. The van der Waals surface area contributed by atoms with Gasteiger partial charge in [-0.05, 0) is 76.1 Å². The molecule has 0 radical (unpaired) electrons. The molecule has 0 atom stereocenters. The molecule has 0 bridgehead atoms. The van der Waals surface area contributed by atoms with Crippen LogP contribution in [0.4, 0.5) is 4.79 Å². The average Bonchev–Trinajstić information content (AvgIpc) is 2.87. The predicted molar refractivity (Wildman–Crippen MR) is 113 cm³/mol. The predicted octanol–water partition coefficient (Wildman–Crippen LogP) is 5.55. The zero-order valence-electron chi connectivity index (χ0n) is 14.2. The minimum Gasteiger partial charge on any atom is -0.503 e. The van der Waals surface area contributed by atoms with E-state index in [2.05, 4.69) is 31.9 Å². The highest BCUT2D eigenvalue weighted by Crippen LogP contribution is 2.38. The Morgan fingerprint density at radius 3 is 2.70 bits per heavy atom. The van der Waals surface area contributed by atoms with Gasteiger partial charge in [0.25, 0.3) is 11.1 Å². The Morgan fingerprint density at radius 2 is 2.00 bits per heavy atom. The van der Waals surface area contributed by atoms with E-state index < -0.39 is 0 Å². The largest absolute Gasteiger partial charge is 0.503 e. The third-order valence-corrected chi connectivity index (χ3v) is 5.76. The number of ether oxygens (including phenoxy) is 1. The molecule has 1 aliphatic rings. The summed E-state index contributed by atoms with van der Waals surface area (Å²) in [6, 6.07) is 10.8. The fraction of sp³-hybridized carbons (Fsp3) is 0.158. The Balaban J connectivity index is 1.86. The van der Waals surface area contributed by atoms with Crippen LogP contribution in [0.2, 0.25) is 0 Å². The molecule has 1 saturated heterocycles. The summed E-state index contributed by atoms with van der Waals surface area (Å²) < 4.78 is 6.74. The summed E-state index contributed by atoms with van der Waals surface area (Å²) in [5, 5.41) is 9.69. The van der Waals surface area contributed by atoms with Crippen molar-refractivity contribution in [2.75, 3.05) is 6.61 Å². The summed E-state index contributed by atoms with van der Waals surface area (Å²) in [6.45, 7) is 2.42. The van der Waals surface area contributed by atoms with Crippen LogP contribution in [0, 0.1) is 0 Å². The van der Waals surface area contributed by atoms with Crippen LogP contribution in [0.5, 0.6) is 11.5 Å². The van der Waals surface area contributed by atoms with Crippen molar-refractivity contribution < 1.29 is 19.4 Å². The van der Waals surface area contributed by atoms with Crippen LogP contribution in [0.1, 0.15) is 18.1 Å². The number of hydrogen-bond donors (Lipinski definition) is 1. The van der Waals surface area contributed by atoms with Crippen LogP contribution >= 0.6 is 43.6 Å².